The minimum Gasteiger partial charge on any atom is -0.314 e. The monoisotopic (exact) mass is 214 g/mol. The Morgan fingerprint density at radius 3 is 2.86 bits per heavy atom. The summed E-state index contributed by atoms with van der Waals surface area (Å²) >= 11 is 1.92. The van der Waals surface area contributed by atoms with Crippen molar-refractivity contribution in [3.05, 3.63) is 0 Å². The van der Waals surface area contributed by atoms with Gasteiger partial charge in [0.1, 0.15) is 6.54 Å². The molecule has 0 aromatic rings. The Morgan fingerprint density at radius 1 is 1.43 bits per heavy atom. The van der Waals surface area contributed by atoms with Crippen molar-refractivity contribution in [3.8, 4) is 0 Å². The minimum atomic E-state index is -0.221. The van der Waals surface area contributed by atoms with E-state index in [-0.39, 0.29) is 18.5 Å². The molecule has 2 fully saturated rings. The summed E-state index contributed by atoms with van der Waals surface area (Å²) in [7, 11) is 0. The molecule has 1 atom stereocenters. The first-order valence-electron chi connectivity index (χ1n) is 4.96. The summed E-state index contributed by atoms with van der Waals surface area (Å²) in [4.78, 5) is 23.8. The van der Waals surface area contributed by atoms with Crippen molar-refractivity contribution >= 4 is 23.7 Å². The van der Waals surface area contributed by atoms with Gasteiger partial charge >= 0.3 is 6.03 Å². The van der Waals surface area contributed by atoms with Gasteiger partial charge in [0.2, 0.25) is 5.91 Å². The summed E-state index contributed by atoms with van der Waals surface area (Å²) in [5.74, 6) is 1.02. The lowest BCUT2D eigenvalue weighted by atomic mass is 10.2. The summed E-state index contributed by atoms with van der Waals surface area (Å²) in [6.07, 6.45) is 3.70. The summed E-state index contributed by atoms with van der Waals surface area (Å²) in [6, 6.07) is -0.221. The van der Waals surface area contributed by atoms with Crippen LogP contribution in [-0.2, 0) is 4.79 Å². The smallest absolute Gasteiger partial charge is 0.314 e. The number of carbonyl (C=O) groups excluding carboxylic acids is 2. The number of thioether (sulfide) groups is 1. The Morgan fingerprint density at radius 2 is 2.29 bits per heavy atom. The SMILES string of the molecule is O=C1CN(CC2CCCCS2)C(=O)N1. The van der Waals surface area contributed by atoms with Crippen molar-refractivity contribution in [1.82, 2.24) is 10.2 Å². The molecule has 0 radical (unpaired) electrons. The Hall–Kier alpha value is -0.710. The van der Waals surface area contributed by atoms with E-state index in [0.29, 0.717) is 5.25 Å². The van der Waals surface area contributed by atoms with Crippen LogP contribution in [0, 0.1) is 0 Å². The molecule has 0 saturated carbocycles. The van der Waals surface area contributed by atoms with Crippen LogP contribution in [0.25, 0.3) is 0 Å². The number of nitrogens with one attached hydrogen (secondary N) is 1. The Bertz CT molecular complexity index is 251. The average molecular weight is 214 g/mol. The van der Waals surface area contributed by atoms with E-state index in [2.05, 4.69) is 5.32 Å². The number of hydrogen-bond donors (Lipinski definition) is 1. The molecular weight excluding hydrogens is 200 g/mol. The van der Waals surface area contributed by atoms with Gasteiger partial charge in [0.05, 0.1) is 0 Å². The first-order valence-corrected chi connectivity index (χ1v) is 6.01. The molecule has 14 heavy (non-hydrogen) atoms. The van der Waals surface area contributed by atoms with Gasteiger partial charge in [-0.15, -0.1) is 0 Å². The molecular formula is C9H14N2O2S. The third-order valence-corrected chi connectivity index (χ3v) is 3.95. The molecule has 5 heteroatoms. The highest BCUT2D eigenvalue weighted by Gasteiger charge is 2.29. The molecule has 1 unspecified atom stereocenters. The van der Waals surface area contributed by atoms with Gasteiger partial charge in [0, 0.05) is 11.8 Å². The van der Waals surface area contributed by atoms with Gasteiger partial charge in [-0.25, -0.2) is 4.79 Å². The molecule has 2 heterocycles. The van der Waals surface area contributed by atoms with Gasteiger partial charge < -0.3 is 4.90 Å². The van der Waals surface area contributed by atoms with E-state index in [9.17, 15) is 9.59 Å². The van der Waals surface area contributed by atoms with Crippen molar-refractivity contribution in [2.45, 2.75) is 24.5 Å². The molecule has 1 N–H and O–H groups in total. The third kappa shape index (κ3) is 2.20. The van der Waals surface area contributed by atoms with E-state index < -0.39 is 0 Å². The average Bonchev–Trinajstić information content (AvgIpc) is 2.47. The number of carbonyl (C=O) groups is 2. The van der Waals surface area contributed by atoms with Crippen molar-refractivity contribution in [1.29, 1.82) is 0 Å². The van der Waals surface area contributed by atoms with Crippen LogP contribution >= 0.6 is 11.8 Å². The van der Waals surface area contributed by atoms with Crippen LogP contribution in [0.4, 0.5) is 4.79 Å². The predicted octanol–water partition coefficient (Wildman–Crippen LogP) is 0.824. The van der Waals surface area contributed by atoms with Gasteiger partial charge in [0.15, 0.2) is 0 Å². The van der Waals surface area contributed by atoms with Crippen LogP contribution in [0.3, 0.4) is 0 Å². The summed E-state index contributed by atoms with van der Waals surface area (Å²) in [6.45, 7) is 0.970. The van der Waals surface area contributed by atoms with Crippen LogP contribution < -0.4 is 5.32 Å². The number of amides is 3. The maximum atomic E-state index is 11.2. The zero-order chi connectivity index (χ0) is 9.97. The summed E-state index contributed by atoms with van der Waals surface area (Å²) < 4.78 is 0. The van der Waals surface area contributed by atoms with Gasteiger partial charge in [-0.3, -0.25) is 10.1 Å². The standard InChI is InChI=1S/C9H14N2O2S/c12-8-6-11(9(13)10-8)5-7-3-1-2-4-14-7/h7H,1-6H2,(H,10,12,13). The van der Waals surface area contributed by atoms with Gasteiger partial charge in [-0.2, -0.15) is 11.8 Å². The third-order valence-electron chi connectivity index (χ3n) is 2.57. The minimum absolute atomic E-state index is 0.171. The van der Waals surface area contributed by atoms with Crippen LogP contribution in [-0.4, -0.2) is 40.9 Å². The second-order valence-corrected chi connectivity index (χ2v) is 5.13. The van der Waals surface area contributed by atoms with Crippen LogP contribution in [0.5, 0.6) is 0 Å². The lowest BCUT2D eigenvalue weighted by Crippen LogP contribution is -2.34. The second-order valence-electron chi connectivity index (χ2n) is 3.72. The molecule has 0 aromatic carbocycles. The van der Waals surface area contributed by atoms with Crippen molar-refractivity contribution in [2.24, 2.45) is 0 Å². The number of urea groups is 1. The molecule has 2 aliphatic heterocycles. The lowest BCUT2D eigenvalue weighted by molar-refractivity contribution is -0.118. The van der Waals surface area contributed by atoms with Crippen LogP contribution in [0.2, 0.25) is 0 Å². The fraction of sp³-hybridized carbons (Fsp3) is 0.778. The Kier molecular flexibility index (Phi) is 2.96. The van der Waals surface area contributed by atoms with Crippen molar-refractivity contribution < 1.29 is 9.59 Å². The van der Waals surface area contributed by atoms with E-state index in [1.807, 2.05) is 11.8 Å². The van der Waals surface area contributed by atoms with E-state index in [0.717, 1.165) is 6.54 Å². The van der Waals surface area contributed by atoms with Gasteiger partial charge in [-0.1, -0.05) is 6.42 Å². The topological polar surface area (TPSA) is 49.4 Å². The largest absolute Gasteiger partial charge is 0.324 e. The van der Waals surface area contributed by atoms with Gasteiger partial charge in [0.25, 0.3) is 0 Å². The Labute approximate surface area is 87.4 Å². The molecule has 4 nitrogen and oxygen atoms in total. The lowest BCUT2D eigenvalue weighted by Gasteiger charge is -2.25. The molecule has 0 aliphatic carbocycles. The molecule has 0 bridgehead atoms. The quantitative estimate of drug-likeness (QED) is 0.692. The number of imide groups is 1. The molecule has 2 rings (SSSR count). The van der Waals surface area contributed by atoms with E-state index in [4.69, 9.17) is 0 Å². The van der Waals surface area contributed by atoms with Crippen LogP contribution in [0.1, 0.15) is 19.3 Å². The number of nitrogens with zero attached hydrogens (tertiary/aromatic N) is 1. The maximum absolute atomic E-state index is 11.2. The van der Waals surface area contributed by atoms with Gasteiger partial charge in [-0.05, 0) is 18.6 Å². The predicted molar refractivity (Wildman–Crippen MR) is 55.2 cm³/mol. The first-order chi connectivity index (χ1) is 6.75. The second kappa shape index (κ2) is 4.21. The summed E-state index contributed by atoms with van der Waals surface area (Å²) in [5.41, 5.74) is 0. The van der Waals surface area contributed by atoms with Crippen molar-refractivity contribution in [3.63, 3.8) is 0 Å². The Balaban J connectivity index is 1.84. The highest BCUT2D eigenvalue weighted by atomic mass is 32.2. The highest BCUT2D eigenvalue weighted by Crippen LogP contribution is 2.25. The maximum Gasteiger partial charge on any atom is 0.324 e. The molecule has 2 saturated heterocycles. The normalized spacial score (nSPS) is 28.0. The molecule has 78 valence electrons. The molecule has 3 amide bonds. The zero-order valence-corrected chi connectivity index (χ0v) is 8.81. The molecule has 2 aliphatic rings. The van der Waals surface area contributed by atoms with E-state index >= 15 is 0 Å². The van der Waals surface area contributed by atoms with E-state index in [1.165, 1.54) is 25.0 Å². The molecule has 0 aromatic heterocycles. The van der Waals surface area contributed by atoms with Crippen LogP contribution in [0.15, 0.2) is 0 Å². The fourth-order valence-corrected chi connectivity index (χ4v) is 3.15. The zero-order valence-electron chi connectivity index (χ0n) is 7.99. The number of hydrogen-bond acceptors (Lipinski definition) is 3. The van der Waals surface area contributed by atoms with E-state index in [1.54, 1.807) is 4.90 Å². The number of rotatable bonds is 2. The summed E-state index contributed by atoms with van der Waals surface area (Å²) in [5, 5.41) is 2.82. The molecule has 0 spiro atoms. The first kappa shape index (κ1) is 9.83. The highest BCUT2D eigenvalue weighted by molar-refractivity contribution is 7.99. The van der Waals surface area contributed by atoms with Crippen molar-refractivity contribution in [2.75, 3.05) is 18.8 Å². The fourth-order valence-electron chi connectivity index (χ4n) is 1.83.